The van der Waals surface area contributed by atoms with Crippen molar-refractivity contribution < 1.29 is 9.53 Å². The highest BCUT2D eigenvalue weighted by molar-refractivity contribution is 5.84. The minimum Gasteiger partial charge on any atom is -0.377 e. The first-order valence-electron chi connectivity index (χ1n) is 5.51. The number of carbonyl (C=O) groups is 1. The van der Waals surface area contributed by atoms with Crippen LogP contribution in [0, 0.1) is 0 Å². The van der Waals surface area contributed by atoms with Gasteiger partial charge in [0.25, 0.3) is 0 Å². The number of anilines is 1. The van der Waals surface area contributed by atoms with Crippen molar-refractivity contribution in [2.24, 2.45) is 11.5 Å². The monoisotopic (exact) mass is 236 g/mol. The van der Waals surface area contributed by atoms with Gasteiger partial charge >= 0.3 is 0 Å². The molecule has 0 spiro atoms. The van der Waals surface area contributed by atoms with E-state index in [1.165, 1.54) is 0 Å². The number of rotatable bonds is 3. The van der Waals surface area contributed by atoms with E-state index in [9.17, 15) is 4.79 Å². The number of amides is 1. The molecule has 2 rings (SSSR count). The van der Waals surface area contributed by atoms with Gasteiger partial charge in [-0.05, 0) is 12.1 Å². The highest BCUT2D eigenvalue weighted by Crippen LogP contribution is 2.18. The molecule has 1 atom stereocenters. The number of aromatic nitrogens is 1. The van der Waals surface area contributed by atoms with Crippen molar-refractivity contribution in [2.75, 3.05) is 24.7 Å². The molecule has 17 heavy (non-hydrogen) atoms. The second-order valence-corrected chi connectivity index (χ2v) is 3.90. The van der Waals surface area contributed by atoms with Gasteiger partial charge in [-0.1, -0.05) is 0 Å². The summed E-state index contributed by atoms with van der Waals surface area (Å²) in [5, 5.41) is 0. The predicted octanol–water partition coefficient (Wildman–Crippen LogP) is -0.769. The van der Waals surface area contributed by atoms with Crippen LogP contribution in [-0.2, 0) is 16.1 Å². The third-order valence-electron chi connectivity index (χ3n) is 2.81. The van der Waals surface area contributed by atoms with Gasteiger partial charge in [0.05, 0.1) is 30.8 Å². The fraction of sp³-hybridized carbons (Fsp3) is 0.455. The molecule has 1 aliphatic heterocycles. The molecule has 0 saturated carbocycles. The lowest BCUT2D eigenvalue weighted by atomic mass is 10.2. The van der Waals surface area contributed by atoms with Crippen LogP contribution in [0.15, 0.2) is 18.3 Å². The second-order valence-electron chi connectivity index (χ2n) is 3.90. The predicted molar refractivity (Wildman–Crippen MR) is 63.3 cm³/mol. The van der Waals surface area contributed by atoms with Crippen LogP contribution in [0.25, 0.3) is 0 Å². The van der Waals surface area contributed by atoms with E-state index in [2.05, 4.69) is 4.98 Å². The first-order valence-corrected chi connectivity index (χ1v) is 5.51. The number of nitrogens with zero attached hydrogens (tertiary/aromatic N) is 2. The summed E-state index contributed by atoms with van der Waals surface area (Å²) in [5.74, 6) is -0.382. The first-order chi connectivity index (χ1) is 8.22. The maximum Gasteiger partial charge on any atom is 0.242 e. The molecule has 6 heteroatoms. The molecule has 0 bridgehead atoms. The van der Waals surface area contributed by atoms with Gasteiger partial charge in [0.2, 0.25) is 5.91 Å². The normalized spacial score (nSPS) is 20.3. The Morgan fingerprint density at radius 3 is 3.00 bits per heavy atom. The van der Waals surface area contributed by atoms with Crippen molar-refractivity contribution >= 4 is 11.6 Å². The molecule has 0 radical (unpaired) electrons. The zero-order chi connectivity index (χ0) is 12.3. The summed E-state index contributed by atoms with van der Waals surface area (Å²) in [6.45, 7) is 1.95. The van der Waals surface area contributed by atoms with Crippen LogP contribution >= 0.6 is 0 Å². The summed E-state index contributed by atoms with van der Waals surface area (Å²) < 4.78 is 5.26. The van der Waals surface area contributed by atoms with Gasteiger partial charge in [0, 0.05) is 13.1 Å². The van der Waals surface area contributed by atoms with Crippen molar-refractivity contribution in [3.63, 3.8) is 0 Å². The minimum absolute atomic E-state index is 0.327. The van der Waals surface area contributed by atoms with E-state index in [0.29, 0.717) is 26.3 Å². The molecule has 4 N–H and O–H groups in total. The Bertz CT molecular complexity index is 393. The summed E-state index contributed by atoms with van der Waals surface area (Å²) in [6.07, 6.45) is 1.71. The Balaban J connectivity index is 2.20. The van der Waals surface area contributed by atoms with Crippen LogP contribution in [0.4, 0.5) is 5.69 Å². The molecule has 92 valence electrons. The quantitative estimate of drug-likeness (QED) is 0.718. The zero-order valence-corrected chi connectivity index (χ0v) is 9.50. The van der Waals surface area contributed by atoms with Gasteiger partial charge in [-0.25, -0.2) is 0 Å². The van der Waals surface area contributed by atoms with Gasteiger partial charge in [-0.3, -0.25) is 9.78 Å². The molecule has 1 saturated heterocycles. The van der Waals surface area contributed by atoms with E-state index in [0.717, 1.165) is 11.4 Å². The number of nitrogens with two attached hydrogens (primary N) is 2. The highest BCUT2D eigenvalue weighted by Gasteiger charge is 2.27. The van der Waals surface area contributed by atoms with Gasteiger partial charge in [-0.2, -0.15) is 0 Å². The smallest absolute Gasteiger partial charge is 0.242 e. The van der Waals surface area contributed by atoms with Crippen molar-refractivity contribution in [1.82, 2.24) is 4.98 Å². The SMILES string of the molecule is NCc1ccc(N2CCOCC2C(N)=O)cn1. The topological polar surface area (TPSA) is 94.5 Å². The fourth-order valence-electron chi connectivity index (χ4n) is 1.86. The molecule has 1 aromatic rings. The second kappa shape index (κ2) is 5.11. The Morgan fingerprint density at radius 2 is 2.41 bits per heavy atom. The number of ether oxygens (including phenoxy) is 1. The summed E-state index contributed by atoms with van der Waals surface area (Å²) in [7, 11) is 0. The Hall–Kier alpha value is -1.66. The van der Waals surface area contributed by atoms with Crippen LogP contribution in [0.5, 0.6) is 0 Å². The van der Waals surface area contributed by atoms with E-state index in [1.807, 2.05) is 17.0 Å². The summed E-state index contributed by atoms with van der Waals surface area (Å²) >= 11 is 0. The van der Waals surface area contributed by atoms with Crippen molar-refractivity contribution in [3.05, 3.63) is 24.0 Å². The van der Waals surface area contributed by atoms with Crippen LogP contribution in [-0.4, -0.2) is 36.7 Å². The Labute approximate surface area is 99.5 Å². The standard InChI is InChI=1S/C11H16N4O2/c12-5-8-1-2-9(6-14-8)15-3-4-17-7-10(15)11(13)16/h1-2,6,10H,3-5,7,12H2,(H2,13,16). The molecule has 1 aliphatic rings. The molecule has 1 amide bonds. The van der Waals surface area contributed by atoms with Crippen LogP contribution in [0.3, 0.4) is 0 Å². The molecular weight excluding hydrogens is 220 g/mol. The van der Waals surface area contributed by atoms with Gasteiger partial charge in [0.15, 0.2) is 0 Å². The number of hydrogen-bond acceptors (Lipinski definition) is 5. The summed E-state index contributed by atoms with van der Waals surface area (Å²) in [4.78, 5) is 17.4. The van der Waals surface area contributed by atoms with Crippen molar-refractivity contribution in [3.8, 4) is 0 Å². The molecule has 6 nitrogen and oxygen atoms in total. The largest absolute Gasteiger partial charge is 0.377 e. The van der Waals surface area contributed by atoms with Crippen LogP contribution in [0.1, 0.15) is 5.69 Å². The maximum absolute atomic E-state index is 11.3. The van der Waals surface area contributed by atoms with E-state index >= 15 is 0 Å². The van der Waals surface area contributed by atoms with Gasteiger partial charge in [-0.15, -0.1) is 0 Å². The zero-order valence-electron chi connectivity index (χ0n) is 9.50. The first kappa shape index (κ1) is 11.8. The number of carbonyl (C=O) groups excluding carboxylic acids is 1. The lowest BCUT2D eigenvalue weighted by molar-refractivity contribution is -0.121. The minimum atomic E-state index is -0.422. The molecule has 1 fully saturated rings. The summed E-state index contributed by atoms with van der Waals surface area (Å²) in [5.41, 5.74) is 12.5. The summed E-state index contributed by atoms with van der Waals surface area (Å²) in [6, 6.07) is 3.33. The molecule has 0 aliphatic carbocycles. The average Bonchev–Trinajstić information content (AvgIpc) is 2.39. The lowest BCUT2D eigenvalue weighted by Gasteiger charge is -2.35. The molecular formula is C11H16N4O2. The van der Waals surface area contributed by atoms with E-state index in [-0.39, 0.29) is 5.91 Å². The third kappa shape index (κ3) is 2.54. The Morgan fingerprint density at radius 1 is 1.59 bits per heavy atom. The van der Waals surface area contributed by atoms with Crippen molar-refractivity contribution in [1.29, 1.82) is 0 Å². The van der Waals surface area contributed by atoms with E-state index in [4.69, 9.17) is 16.2 Å². The molecule has 2 heterocycles. The lowest BCUT2D eigenvalue weighted by Crippen LogP contribution is -2.52. The van der Waals surface area contributed by atoms with Crippen LogP contribution in [0.2, 0.25) is 0 Å². The average molecular weight is 236 g/mol. The van der Waals surface area contributed by atoms with E-state index in [1.54, 1.807) is 6.20 Å². The third-order valence-corrected chi connectivity index (χ3v) is 2.81. The number of pyridine rings is 1. The maximum atomic E-state index is 11.3. The molecule has 1 unspecified atom stereocenters. The highest BCUT2D eigenvalue weighted by atomic mass is 16.5. The van der Waals surface area contributed by atoms with Crippen LogP contribution < -0.4 is 16.4 Å². The molecule has 0 aromatic carbocycles. The molecule has 1 aromatic heterocycles. The fourth-order valence-corrected chi connectivity index (χ4v) is 1.86. The number of hydrogen-bond donors (Lipinski definition) is 2. The van der Waals surface area contributed by atoms with Gasteiger partial charge in [0.1, 0.15) is 6.04 Å². The van der Waals surface area contributed by atoms with Gasteiger partial charge < -0.3 is 21.1 Å². The number of morpholine rings is 1. The Kier molecular flexibility index (Phi) is 3.55. The van der Waals surface area contributed by atoms with E-state index < -0.39 is 6.04 Å². The van der Waals surface area contributed by atoms with Crippen molar-refractivity contribution in [2.45, 2.75) is 12.6 Å². The number of primary amides is 1.